The molecule has 0 saturated heterocycles. The maximum absolute atomic E-state index is 4.57. The lowest BCUT2D eigenvalue weighted by molar-refractivity contribution is 0.818. The van der Waals surface area contributed by atoms with Crippen molar-refractivity contribution in [3.63, 3.8) is 0 Å². The molecule has 1 N–H and O–H groups in total. The first kappa shape index (κ1) is 12.8. The van der Waals surface area contributed by atoms with Gasteiger partial charge >= 0.3 is 0 Å². The largest absolute Gasteiger partial charge is 0.369 e. The van der Waals surface area contributed by atoms with Gasteiger partial charge in [-0.3, -0.25) is 4.98 Å². The van der Waals surface area contributed by atoms with Gasteiger partial charge in [-0.15, -0.1) is 11.3 Å². The van der Waals surface area contributed by atoms with E-state index < -0.39 is 0 Å². The number of anilines is 2. The van der Waals surface area contributed by atoms with Crippen molar-refractivity contribution in [2.75, 3.05) is 23.3 Å². The van der Waals surface area contributed by atoms with Crippen LogP contribution in [0.2, 0.25) is 0 Å². The average Bonchev–Trinajstić information content (AvgIpc) is 2.89. The number of thiophene rings is 1. The van der Waals surface area contributed by atoms with Crippen molar-refractivity contribution in [3.05, 3.63) is 34.8 Å². The van der Waals surface area contributed by atoms with Gasteiger partial charge in [0.15, 0.2) is 0 Å². The van der Waals surface area contributed by atoms with E-state index in [1.165, 1.54) is 4.88 Å². The first-order valence-corrected chi connectivity index (χ1v) is 7.04. The first-order valence-electron chi connectivity index (χ1n) is 6.16. The number of rotatable bonds is 6. The van der Waals surface area contributed by atoms with E-state index in [0.29, 0.717) is 0 Å². The van der Waals surface area contributed by atoms with E-state index in [-0.39, 0.29) is 0 Å². The normalized spacial score (nSPS) is 10.3. The highest BCUT2D eigenvalue weighted by Crippen LogP contribution is 2.18. The van der Waals surface area contributed by atoms with Crippen LogP contribution >= 0.6 is 11.3 Å². The second-order valence-electron chi connectivity index (χ2n) is 3.89. The standard InChI is InChI=1S/C13H18N4S/c1-3-15-12-8-14-9-13(16-12)17(4-2)10-11-6-5-7-18-11/h5-9H,3-4,10H2,1-2H3,(H,15,16). The van der Waals surface area contributed by atoms with Gasteiger partial charge in [0.1, 0.15) is 11.6 Å². The Labute approximate surface area is 112 Å². The Morgan fingerprint density at radius 1 is 1.33 bits per heavy atom. The fourth-order valence-corrected chi connectivity index (χ4v) is 2.44. The van der Waals surface area contributed by atoms with Crippen LogP contribution in [0.25, 0.3) is 0 Å². The zero-order chi connectivity index (χ0) is 12.8. The maximum Gasteiger partial charge on any atom is 0.149 e. The summed E-state index contributed by atoms with van der Waals surface area (Å²) in [6.07, 6.45) is 3.57. The van der Waals surface area contributed by atoms with Crippen molar-refractivity contribution >= 4 is 23.0 Å². The molecular weight excluding hydrogens is 244 g/mol. The Morgan fingerprint density at radius 3 is 2.89 bits per heavy atom. The SMILES string of the molecule is CCNc1cncc(N(CC)Cc2cccs2)n1. The molecule has 0 saturated carbocycles. The van der Waals surface area contributed by atoms with Crippen molar-refractivity contribution in [1.82, 2.24) is 9.97 Å². The summed E-state index contributed by atoms with van der Waals surface area (Å²) in [6, 6.07) is 4.23. The molecule has 0 aromatic carbocycles. The highest BCUT2D eigenvalue weighted by atomic mass is 32.1. The van der Waals surface area contributed by atoms with Gasteiger partial charge in [0.25, 0.3) is 0 Å². The molecule has 0 amide bonds. The summed E-state index contributed by atoms with van der Waals surface area (Å²) in [7, 11) is 0. The van der Waals surface area contributed by atoms with E-state index in [9.17, 15) is 0 Å². The second-order valence-corrected chi connectivity index (χ2v) is 4.92. The number of nitrogens with zero attached hydrogens (tertiary/aromatic N) is 3. The predicted octanol–water partition coefficient (Wildman–Crippen LogP) is 3.00. The van der Waals surface area contributed by atoms with E-state index in [1.54, 1.807) is 17.5 Å². The number of hydrogen-bond acceptors (Lipinski definition) is 5. The second kappa shape index (κ2) is 6.35. The fourth-order valence-electron chi connectivity index (χ4n) is 1.72. The zero-order valence-electron chi connectivity index (χ0n) is 10.8. The van der Waals surface area contributed by atoms with Crippen LogP contribution in [-0.4, -0.2) is 23.1 Å². The first-order chi connectivity index (χ1) is 8.83. The molecular formula is C13H18N4S. The number of aromatic nitrogens is 2. The van der Waals surface area contributed by atoms with Crippen LogP contribution in [0.1, 0.15) is 18.7 Å². The smallest absolute Gasteiger partial charge is 0.149 e. The average molecular weight is 262 g/mol. The third-order valence-electron chi connectivity index (χ3n) is 2.61. The Hall–Kier alpha value is -1.62. The number of hydrogen-bond donors (Lipinski definition) is 1. The summed E-state index contributed by atoms with van der Waals surface area (Å²) >= 11 is 1.77. The summed E-state index contributed by atoms with van der Waals surface area (Å²) in [5.41, 5.74) is 0. The lowest BCUT2D eigenvalue weighted by Gasteiger charge is -2.21. The fraction of sp³-hybridized carbons (Fsp3) is 0.385. The Morgan fingerprint density at radius 2 is 2.22 bits per heavy atom. The molecule has 2 rings (SSSR count). The molecule has 0 aliphatic carbocycles. The van der Waals surface area contributed by atoms with Gasteiger partial charge in [-0.25, -0.2) is 4.98 Å². The molecule has 2 aromatic heterocycles. The third kappa shape index (κ3) is 3.20. The van der Waals surface area contributed by atoms with E-state index in [0.717, 1.165) is 31.3 Å². The van der Waals surface area contributed by atoms with Gasteiger partial charge in [0.2, 0.25) is 0 Å². The highest BCUT2D eigenvalue weighted by molar-refractivity contribution is 7.09. The molecule has 0 atom stereocenters. The predicted molar refractivity (Wildman–Crippen MR) is 77.2 cm³/mol. The Kier molecular flexibility index (Phi) is 4.52. The maximum atomic E-state index is 4.57. The molecule has 0 aliphatic heterocycles. The molecule has 0 radical (unpaired) electrons. The van der Waals surface area contributed by atoms with Gasteiger partial charge in [-0.2, -0.15) is 0 Å². The van der Waals surface area contributed by atoms with Crippen molar-refractivity contribution in [3.8, 4) is 0 Å². The third-order valence-corrected chi connectivity index (χ3v) is 3.47. The summed E-state index contributed by atoms with van der Waals surface area (Å²) in [6.45, 7) is 6.85. The minimum atomic E-state index is 0.833. The molecule has 96 valence electrons. The van der Waals surface area contributed by atoms with Crippen LogP contribution in [0.5, 0.6) is 0 Å². The lowest BCUT2D eigenvalue weighted by Crippen LogP contribution is -2.23. The van der Waals surface area contributed by atoms with Crippen LogP contribution < -0.4 is 10.2 Å². The Balaban J connectivity index is 2.13. The van der Waals surface area contributed by atoms with Crippen LogP contribution in [0.3, 0.4) is 0 Å². The molecule has 0 spiro atoms. The van der Waals surface area contributed by atoms with Crippen LogP contribution in [0, 0.1) is 0 Å². The topological polar surface area (TPSA) is 41.1 Å². The molecule has 5 heteroatoms. The zero-order valence-corrected chi connectivity index (χ0v) is 11.6. The van der Waals surface area contributed by atoms with E-state index in [1.807, 2.05) is 6.20 Å². The molecule has 0 unspecified atom stereocenters. The highest BCUT2D eigenvalue weighted by Gasteiger charge is 2.08. The molecule has 0 bridgehead atoms. The number of nitrogens with one attached hydrogen (secondary N) is 1. The molecule has 2 heterocycles. The minimum Gasteiger partial charge on any atom is -0.369 e. The molecule has 2 aromatic rings. The minimum absolute atomic E-state index is 0.833. The van der Waals surface area contributed by atoms with Gasteiger partial charge in [-0.1, -0.05) is 6.07 Å². The van der Waals surface area contributed by atoms with Gasteiger partial charge in [-0.05, 0) is 25.3 Å². The van der Waals surface area contributed by atoms with Crippen LogP contribution in [0.15, 0.2) is 29.9 Å². The quantitative estimate of drug-likeness (QED) is 0.869. The lowest BCUT2D eigenvalue weighted by atomic mass is 10.4. The van der Waals surface area contributed by atoms with E-state index in [2.05, 4.69) is 51.5 Å². The molecule has 0 fully saturated rings. The van der Waals surface area contributed by atoms with Crippen molar-refractivity contribution < 1.29 is 0 Å². The van der Waals surface area contributed by atoms with Crippen LogP contribution in [-0.2, 0) is 6.54 Å². The van der Waals surface area contributed by atoms with Gasteiger partial charge in [0.05, 0.1) is 18.9 Å². The summed E-state index contributed by atoms with van der Waals surface area (Å²) in [5.74, 6) is 1.75. The summed E-state index contributed by atoms with van der Waals surface area (Å²) in [4.78, 5) is 12.4. The molecule has 0 aliphatic rings. The molecule has 18 heavy (non-hydrogen) atoms. The summed E-state index contributed by atoms with van der Waals surface area (Å²) < 4.78 is 0. The van der Waals surface area contributed by atoms with Gasteiger partial charge < -0.3 is 10.2 Å². The van der Waals surface area contributed by atoms with E-state index >= 15 is 0 Å². The van der Waals surface area contributed by atoms with E-state index in [4.69, 9.17) is 0 Å². The van der Waals surface area contributed by atoms with Crippen molar-refractivity contribution in [2.24, 2.45) is 0 Å². The van der Waals surface area contributed by atoms with Crippen molar-refractivity contribution in [1.29, 1.82) is 0 Å². The molecule has 4 nitrogen and oxygen atoms in total. The Bertz CT molecular complexity index is 470. The van der Waals surface area contributed by atoms with Crippen molar-refractivity contribution in [2.45, 2.75) is 20.4 Å². The summed E-state index contributed by atoms with van der Waals surface area (Å²) in [5, 5.41) is 5.29. The monoisotopic (exact) mass is 262 g/mol. The van der Waals surface area contributed by atoms with Crippen LogP contribution in [0.4, 0.5) is 11.6 Å². The van der Waals surface area contributed by atoms with Gasteiger partial charge in [0, 0.05) is 18.0 Å².